The van der Waals surface area contributed by atoms with Gasteiger partial charge in [-0.05, 0) is 60.2 Å². The fraction of sp³-hybridized carbons (Fsp3) is 0.250. The standard InChI is InChI=1S/C16H15BrClN/c17-16-9-14(18)6-4-13(16)10-19-15-7-5-11-2-1-3-12(11)8-15/h4-9,19H,1-3,10H2. The molecule has 2 aromatic rings. The Hall–Kier alpha value is -0.990. The fourth-order valence-corrected chi connectivity index (χ4v) is 3.37. The Balaban J connectivity index is 1.72. The Morgan fingerprint density at radius 3 is 2.74 bits per heavy atom. The Labute approximate surface area is 127 Å². The average molecular weight is 337 g/mol. The SMILES string of the molecule is Clc1ccc(CNc2ccc3c(c2)CCC3)c(Br)c1. The van der Waals surface area contributed by atoms with Crippen LogP contribution in [0.4, 0.5) is 5.69 Å². The van der Waals surface area contributed by atoms with E-state index in [1.54, 1.807) is 0 Å². The van der Waals surface area contributed by atoms with Crippen molar-refractivity contribution in [1.29, 1.82) is 0 Å². The number of halogens is 2. The lowest BCUT2D eigenvalue weighted by molar-refractivity contribution is 0.912. The maximum Gasteiger partial charge on any atom is 0.0417 e. The van der Waals surface area contributed by atoms with Crippen LogP contribution in [0.15, 0.2) is 40.9 Å². The second-order valence-electron chi connectivity index (χ2n) is 4.93. The molecule has 0 aromatic heterocycles. The molecular weight excluding hydrogens is 322 g/mol. The molecule has 0 aliphatic heterocycles. The van der Waals surface area contributed by atoms with E-state index in [-0.39, 0.29) is 0 Å². The van der Waals surface area contributed by atoms with Crippen LogP contribution in [0.5, 0.6) is 0 Å². The molecule has 0 unspecified atom stereocenters. The first-order valence-corrected chi connectivity index (χ1v) is 7.69. The minimum atomic E-state index is 0.758. The van der Waals surface area contributed by atoms with Gasteiger partial charge in [-0.25, -0.2) is 0 Å². The van der Waals surface area contributed by atoms with Crippen molar-refractivity contribution in [3.8, 4) is 0 Å². The molecule has 1 aliphatic rings. The van der Waals surface area contributed by atoms with Crippen LogP contribution in [0.2, 0.25) is 5.02 Å². The van der Waals surface area contributed by atoms with Gasteiger partial charge in [0.05, 0.1) is 0 Å². The number of hydrogen-bond donors (Lipinski definition) is 1. The first-order chi connectivity index (χ1) is 9.22. The molecule has 0 amide bonds. The molecule has 1 aliphatic carbocycles. The highest BCUT2D eigenvalue weighted by Crippen LogP contribution is 2.26. The summed E-state index contributed by atoms with van der Waals surface area (Å²) in [5.74, 6) is 0. The van der Waals surface area contributed by atoms with Crippen LogP contribution in [-0.4, -0.2) is 0 Å². The van der Waals surface area contributed by atoms with E-state index in [1.807, 2.05) is 18.2 Å². The summed E-state index contributed by atoms with van der Waals surface area (Å²) < 4.78 is 1.05. The van der Waals surface area contributed by atoms with Gasteiger partial charge < -0.3 is 5.32 Å². The van der Waals surface area contributed by atoms with Crippen molar-refractivity contribution in [2.45, 2.75) is 25.8 Å². The molecule has 0 bridgehead atoms. The fourth-order valence-electron chi connectivity index (χ4n) is 2.54. The Morgan fingerprint density at radius 2 is 1.89 bits per heavy atom. The predicted molar refractivity (Wildman–Crippen MR) is 84.9 cm³/mol. The molecule has 0 radical (unpaired) electrons. The lowest BCUT2D eigenvalue weighted by Gasteiger charge is -2.10. The van der Waals surface area contributed by atoms with E-state index in [2.05, 4.69) is 39.4 Å². The van der Waals surface area contributed by atoms with Gasteiger partial charge in [0.1, 0.15) is 0 Å². The summed E-state index contributed by atoms with van der Waals surface area (Å²) in [6.45, 7) is 0.802. The maximum absolute atomic E-state index is 5.95. The normalized spacial score (nSPS) is 13.4. The van der Waals surface area contributed by atoms with Gasteiger partial charge in [-0.3, -0.25) is 0 Å². The largest absolute Gasteiger partial charge is 0.381 e. The predicted octanol–water partition coefficient (Wildman–Crippen LogP) is 5.20. The number of hydrogen-bond acceptors (Lipinski definition) is 1. The second kappa shape index (κ2) is 5.56. The molecule has 0 saturated heterocycles. The molecule has 3 rings (SSSR count). The van der Waals surface area contributed by atoms with Crippen molar-refractivity contribution in [3.63, 3.8) is 0 Å². The molecular formula is C16H15BrClN. The third-order valence-corrected chi connectivity index (χ3v) is 4.57. The zero-order chi connectivity index (χ0) is 13.2. The summed E-state index contributed by atoms with van der Waals surface area (Å²) >= 11 is 9.49. The molecule has 0 saturated carbocycles. The Morgan fingerprint density at radius 1 is 1.05 bits per heavy atom. The van der Waals surface area contributed by atoms with Gasteiger partial charge in [0.15, 0.2) is 0 Å². The topological polar surface area (TPSA) is 12.0 Å². The molecule has 1 nitrogen and oxygen atoms in total. The van der Waals surface area contributed by atoms with Crippen LogP contribution in [0, 0.1) is 0 Å². The number of rotatable bonds is 3. The summed E-state index contributed by atoms with van der Waals surface area (Å²) in [7, 11) is 0. The summed E-state index contributed by atoms with van der Waals surface area (Å²) in [5, 5.41) is 4.24. The zero-order valence-electron chi connectivity index (χ0n) is 10.5. The lowest BCUT2D eigenvalue weighted by Crippen LogP contribution is -2.00. The van der Waals surface area contributed by atoms with E-state index < -0.39 is 0 Å². The first kappa shape index (κ1) is 13.0. The van der Waals surface area contributed by atoms with E-state index in [4.69, 9.17) is 11.6 Å². The van der Waals surface area contributed by atoms with Gasteiger partial charge in [0.2, 0.25) is 0 Å². The average Bonchev–Trinajstić information content (AvgIpc) is 2.85. The van der Waals surface area contributed by atoms with E-state index in [0.29, 0.717) is 0 Å². The van der Waals surface area contributed by atoms with E-state index >= 15 is 0 Å². The molecule has 0 atom stereocenters. The number of anilines is 1. The highest BCUT2D eigenvalue weighted by molar-refractivity contribution is 9.10. The number of nitrogens with one attached hydrogen (secondary N) is 1. The molecule has 0 fully saturated rings. The monoisotopic (exact) mass is 335 g/mol. The molecule has 19 heavy (non-hydrogen) atoms. The highest BCUT2D eigenvalue weighted by Gasteiger charge is 2.10. The Kier molecular flexibility index (Phi) is 3.81. The smallest absolute Gasteiger partial charge is 0.0417 e. The van der Waals surface area contributed by atoms with Crippen molar-refractivity contribution in [3.05, 3.63) is 62.6 Å². The highest BCUT2D eigenvalue weighted by atomic mass is 79.9. The summed E-state index contributed by atoms with van der Waals surface area (Å²) in [6, 6.07) is 12.6. The molecule has 3 heteroatoms. The quantitative estimate of drug-likeness (QED) is 0.812. The van der Waals surface area contributed by atoms with Crippen LogP contribution in [-0.2, 0) is 19.4 Å². The Bertz CT molecular complexity index is 610. The number of aryl methyl sites for hydroxylation is 2. The van der Waals surface area contributed by atoms with E-state index in [9.17, 15) is 0 Å². The summed E-state index contributed by atoms with van der Waals surface area (Å²) in [4.78, 5) is 0. The van der Waals surface area contributed by atoms with Gasteiger partial charge >= 0.3 is 0 Å². The minimum Gasteiger partial charge on any atom is -0.381 e. The molecule has 0 spiro atoms. The molecule has 1 N–H and O–H groups in total. The van der Waals surface area contributed by atoms with Crippen molar-refractivity contribution in [2.75, 3.05) is 5.32 Å². The third-order valence-electron chi connectivity index (χ3n) is 3.60. The van der Waals surface area contributed by atoms with Crippen molar-refractivity contribution >= 4 is 33.2 Å². The van der Waals surface area contributed by atoms with Gasteiger partial charge in [-0.15, -0.1) is 0 Å². The van der Waals surface area contributed by atoms with Crippen LogP contribution in [0.1, 0.15) is 23.1 Å². The maximum atomic E-state index is 5.95. The van der Waals surface area contributed by atoms with Gasteiger partial charge in [-0.2, -0.15) is 0 Å². The van der Waals surface area contributed by atoms with Crippen molar-refractivity contribution < 1.29 is 0 Å². The zero-order valence-corrected chi connectivity index (χ0v) is 12.9. The van der Waals surface area contributed by atoms with Crippen LogP contribution in [0.3, 0.4) is 0 Å². The van der Waals surface area contributed by atoms with Gasteiger partial charge in [0, 0.05) is 21.7 Å². The van der Waals surface area contributed by atoms with Crippen LogP contribution in [0.25, 0.3) is 0 Å². The second-order valence-corrected chi connectivity index (χ2v) is 6.22. The number of fused-ring (bicyclic) bond motifs is 1. The van der Waals surface area contributed by atoms with Gasteiger partial charge in [0.25, 0.3) is 0 Å². The molecule has 2 aromatic carbocycles. The summed E-state index contributed by atoms with van der Waals surface area (Å²) in [5.41, 5.74) is 5.42. The van der Waals surface area contributed by atoms with E-state index in [0.717, 1.165) is 16.0 Å². The minimum absolute atomic E-state index is 0.758. The van der Waals surface area contributed by atoms with Crippen molar-refractivity contribution in [2.24, 2.45) is 0 Å². The third kappa shape index (κ3) is 2.96. The molecule has 0 heterocycles. The van der Waals surface area contributed by atoms with Gasteiger partial charge in [-0.1, -0.05) is 39.7 Å². The number of benzene rings is 2. The molecule has 98 valence electrons. The summed E-state index contributed by atoms with van der Waals surface area (Å²) in [6.07, 6.45) is 3.75. The van der Waals surface area contributed by atoms with E-state index in [1.165, 1.54) is 41.6 Å². The lowest BCUT2D eigenvalue weighted by atomic mass is 10.1. The van der Waals surface area contributed by atoms with Crippen LogP contribution >= 0.6 is 27.5 Å². The van der Waals surface area contributed by atoms with Crippen LogP contribution < -0.4 is 5.32 Å². The first-order valence-electron chi connectivity index (χ1n) is 6.52. The van der Waals surface area contributed by atoms with Crippen molar-refractivity contribution in [1.82, 2.24) is 0 Å².